The van der Waals surface area contributed by atoms with Crippen LogP contribution in [0.5, 0.6) is 0 Å². The summed E-state index contributed by atoms with van der Waals surface area (Å²) < 4.78 is 22.0. The zero-order valence-electron chi connectivity index (χ0n) is 48.9. The number of amides is 3. The Balaban J connectivity index is 0.000000124. The summed E-state index contributed by atoms with van der Waals surface area (Å²) in [5.41, 5.74) is 24.5. The average molecular weight is 1210 g/mol. The zero-order chi connectivity index (χ0) is 61.5. The van der Waals surface area contributed by atoms with Gasteiger partial charge in [0.2, 0.25) is 5.95 Å². The van der Waals surface area contributed by atoms with Gasteiger partial charge in [-0.1, -0.05) is 0 Å². The van der Waals surface area contributed by atoms with Crippen LogP contribution >= 0.6 is 0 Å². The molecular formula is C63H63N21O6. The first kappa shape index (κ1) is 57.4. The predicted molar refractivity (Wildman–Crippen MR) is 338 cm³/mol. The van der Waals surface area contributed by atoms with E-state index in [0.717, 1.165) is 68.1 Å². The molecule has 1 aromatic carbocycles. The van der Waals surface area contributed by atoms with E-state index in [-0.39, 0.29) is 0 Å². The molecule has 90 heavy (non-hydrogen) atoms. The molecule has 3 aliphatic rings. The SMILES string of the molecule is NC(=O)c1coc(-c2cnc(Nc3ccc(N4CCCCC4)cc3)c3nccn23)c1.NC(=O)c1coc(-c2cnc(Nc3ccc(N4CCCCC4)nc3)c3nccn23)c1.NC(=O)c1coc(-c2cnc(Nc3cnc(N4CCCCC4)nc3)c3nccn23)c1. The number of carbonyl (C=O) groups is 3. The van der Waals surface area contributed by atoms with Crippen molar-refractivity contribution in [3.05, 3.63) is 164 Å². The molecule has 27 heteroatoms. The van der Waals surface area contributed by atoms with Crippen molar-refractivity contribution in [2.45, 2.75) is 57.8 Å². The van der Waals surface area contributed by atoms with Gasteiger partial charge < -0.3 is 61.1 Å². The highest BCUT2D eigenvalue weighted by Crippen LogP contribution is 2.32. The molecule has 0 spiro atoms. The number of pyridine rings is 1. The number of nitrogens with two attached hydrogens (primary N) is 3. The molecule has 3 amide bonds. The fourth-order valence-electron chi connectivity index (χ4n) is 11.1. The molecule has 3 aliphatic heterocycles. The summed E-state index contributed by atoms with van der Waals surface area (Å²) in [6.45, 7) is 6.34. The number of fused-ring (bicyclic) bond motifs is 3. The number of piperidine rings is 3. The maximum Gasteiger partial charge on any atom is 0.251 e. The lowest BCUT2D eigenvalue weighted by Crippen LogP contribution is -2.30. The largest absolute Gasteiger partial charge is 0.462 e. The van der Waals surface area contributed by atoms with Gasteiger partial charge in [0.05, 0.1) is 65.2 Å². The Morgan fingerprint density at radius 2 is 0.767 bits per heavy atom. The van der Waals surface area contributed by atoms with Gasteiger partial charge in [0, 0.05) is 87.8 Å². The number of furan rings is 3. The number of carbonyl (C=O) groups excluding carboxylic acids is 3. The van der Waals surface area contributed by atoms with Gasteiger partial charge in [0.15, 0.2) is 51.7 Å². The molecule has 0 saturated carbocycles. The van der Waals surface area contributed by atoms with Gasteiger partial charge in [0.25, 0.3) is 17.7 Å². The highest BCUT2D eigenvalue weighted by molar-refractivity contribution is 5.95. The van der Waals surface area contributed by atoms with Crippen LogP contribution in [0.1, 0.15) is 88.9 Å². The van der Waals surface area contributed by atoms with Crippen molar-refractivity contribution in [3.8, 4) is 34.4 Å². The molecule has 14 heterocycles. The molecule has 15 rings (SSSR count). The summed E-state index contributed by atoms with van der Waals surface area (Å²) in [5, 5.41) is 9.86. The summed E-state index contributed by atoms with van der Waals surface area (Å²) in [5.74, 6) is 3.36. The molecule has 9 N–H and O–H groups in total. The average Bonchev–Trinajstić information content (AvgIpc) is 1.78. The molecule has 3 saturated heterocycles. The van der Waals surface area contributed by atoms with Gasteiger partial charge >= 0.3 is 0 Å². The number of aromatic nitrogens is 12. The molecule has 0 atom stereocenters. The number of nitrogens with zero attached hydrogens (tertiary/aromatic N) is 15. The second kappa shape index (κ2) is 25.7. The molecule has 11 aromatic heterocycles. The van der Waals surface area contributed by atoms with E-state index in [1.807, 2.05) is 43.9 Å². The second-order valence-corrected chi connectivity index (χ2v) is 21.8. The summed E-state index contributed by atoms with van der Waals surface area (Å²) >= 11 is 0. The Morgan fingerprint density at radius 1 is 0.389 bits per heavy atom. The molecule has 0 radical (unpaired) electrons. The minimum Gasteiger partial charge on any atom is -0.462 e. The number of imidazole rings is 3. The molecule has 0 unspecified atom stereocenters. The Bertz CT molecular complexity index is 4020. The number of nitrogens with one attached hydrogen (secondary N) is 3. The van der Waals surface area contributed by atoms with Crippen LogP contribution in [0.25, 0.3) is 51.3 Å². The normalized spacial score (nSPS) is 14.2. The summed E-state index contributed by atoms with van der Waals surface area (Å²) in [7, 11) is 0. The van der Waals surface area contributed by atoms with E-state index in [9.17, 15) is 14.4 Å². The number of hydrogen-bond acceptors (Lipinski definition) is 21. The second-order valence-electron chi connectivity index (χ2n) is 21.8. The summed E-state index contributed by atoms with van der Waals surface area (Å²) in [4.78, 5) is 81.3. The number of anilines is 9. The Morgan fingerprint density at radius 3 is 1.17 bits per heavy atom. The van der Waals surface area contributed by atoms with Gasteiger partial charge in [-0.15, -0.1) is 0 Å². The number of hydrogen-bond donors (Lipinski definition) is 6. The molecule has 3 fully saturated rings. The van der Waals surface area contributed by atoms with E-state index in [1.54, 1.807) is 74.0 Å². The van der Waals surface area contributed by atoms with Crippen molar-refractivity contribution in [1.82, 2.24) is 58.1 Å². The van der Waals surface area contributed by atoms with Crippen LogP contribution in [-0.4, -0.2) is 115 Å². The lowest BCUT2D eigenvalue weighted by molar-refractivity contribution is 0.0991. The van der Waals surface area contributed by atoms with E-state index < -0.39 is 17.7 Å². The summed E-state index contributed by atoms with van der Waals surface area (Å²) in [6.07, 6.45) is 35.9. The van der Waals surface area contributed by atoms with Crippen molar-refractivity contribution in [2.75, 3.05) is 69.9 Å². The predicted octanol–water partition coefficient (Wildman–Crippen LogP) is 9.65. The third-order valence-corrected chi connectivity index (χ3v) is 15.8. The van der Waals surface area contributed by atoms with E-state index >= 15 is 0 Å². The minimum absolute atomic E-state index is 0.298. The fraction of sp³-hybridized carbons (Fsp3) is 0.238. The topological polar surface area (TPSA) is 344 Å². The van der Waals surface area contributed by atoms with E-state index in [0.29, 0.717) is 85.4 Å². The number of rotatable bonds is 15. The molecule has 456 valence electrons. The van der Waals surface area contributed by atoms with Crippen LogP contribution in [0, 0.1) is 0 Å². The van der Waals surface area contributed by atoms with Gasteiger partial charge in [-0.05, 0) is 112 Å². The first-order valence-corrected chi connectivity index (χ1v) is 29.6. The molecular weight excluding hydrogens is 1150 g/mol. The maximum absolute atomic E-state index is 11.4. The lowest BCUT2D eigenvalue weighted by atomic mass is 10.1. The summed E-state index contributed by atoms with van der Waals surface area (Å²) in [6, 6.07) is 17.2. The zero-order valence-corrected chi connectivity index (χ0v) is 48.9. The van der Waals surface area contributed by atoms with Crippen LogP contribution in [-0.2, 0) is 0 Å². The van der Waals surface area contributed by atoms with Crippen molar-refractivity contribution in [2.24, 2.45) is 17.2 Å². The number of primary amides is 3. The van der Waals surface area contributed by atoms with E-state index in [4.69, 9.17) is 30.5 Å². The first-order valence-electron chi connectivity index (χ1n) is 29.6. The third kappa shape index (κ3) is 12.5. The van der Waals surface area contributed by atoms with Gasteiger partial charge in [-0.25, -0.2) is 44.9 Å². The van der Waals surface area contributed by atoms with Crippen LogP contribution in [0.15, 0.2) is 161 Å². The van der Waals surface area contributed by atoms with Crippen LogP contribution < -0.4 is 47.9 Å². The molecule has 0 aliphatic carbocycles. The molecule has 27 nitrogen and oxygen atoms in total. The van der Waals surface area contributed by atoms with Crippen LogP contribution in [0.2, 0.25) is 0 Å². The van der Waals surface area contributed by atoms with Gasteiger partial charge in [-0.3, -0.25) is 27.6 Å². The third-order valence-electron chi connectivity index (χ3n) is 15.8. The molecule has 12 aromatic rings. The first-order chi connectivity index (χ1) is 44.1. The highest BCUT2D eigenvalue weighted by Gasteiger charge is 2.21. The quantitative estimate of drug-likeness (QED) is 0.0556. The van der Waals surface area contributed by atoms with E-state index in [2.05, 4.69) is 99.8 Å². The standard InChI is InChI=1S/C22H22N6O2.C21H21N7O2.C20H20N8O2/c23-20(29)15-12-19(30-14-15)18-13-25-21(22-24-8-11-28(18)22)26-16-4-6-17(7-5-16)27-9-2-1-3-10-27;22-19(29)14-10-17(30-13-14)16-12-25-20(21-23-6-9-28(16)21)26-15-4-5-18(24-11-15)27-7-2-1-3-8-27;21-17(29)13-8-16(30-12-13)15-11-23-18(19-22-4-7-28(15)19)26-14-9-24-20(25-10-14)27-5-2-1-3-6-27/h4-8,11-14H,1-3,9-10H2,(H2,23,29)(H,25,26);4-6,9-13H,1-3,7-8H2,(H2,22,29)(H,25,26);4,7-12H,1-3,5-6H2,(H2,21,29)(H,23,26). The Hall–Kier alpha value is -11.6. The van der Waals surface area contributed by atoms with Gasteiger partial charge in [-0.2, -0.15) is 0 Å². The van der Waals surface area contributed by atoms with Crippen molar-refractivity contribution >= 4 is 86.6 Å². The fourth-order valence-corrected chi connectivity index (χ4v) is 11.1. The van der Waals surface area contributed by atoms with Crippen LogP contribution in [0.3, 0.4) is 0 Å². The Labute approximate surface area is 514 Å². The maximum atomic E-state index is 11.4. The Kier molecular flexibility index (Phi) is 16.4. The van der Waals surface area contributed by atoms with E-state index in [1.165, 1.54) is 82.3 Å². The van der Waals surface area contributed by atoms with Crippen molar-refractivity contribution in [3.63, 3.8) is 0 Å². The van der Waals surface area contributed by atoms with Crippen LogP contribution in [0.4, 0.5) is 52.0 Å². The molecule has 0 bridgehead atoms. The van der Waals surface area contributed by atoms with Crippen molar-refractivity contribution in [1.29, 1.82) is 0 Å². The smallest absolute Gasteiger partial charge is 0.251 e. The highest BCUT2D eigenvalue weighted by atomic mass is 16.3. The van der Waals surface area contributed by atoms with Gasteiger partial charge in [0.1, 0.15) is 41.7 Å². The monoisotopic (exact) mass is 1210 g/mol. The van der Waals surface area contributed by atoms with Crippen molar-refractivity contribution < 1.29 is 27.6 Å². The number of benzene rings is 1. The minimum atomic E-state index is -0.550. The lowest BCUT2D eigenvalue weighted by Gasteiger charge is -2.28.